The van der Waals surface area contributed by atoms with Gasteiger partial charge in [-0.1, -0.05) is 0 Å². The number of carbonyl (C=O) groups excluding carboxylic acids is 1. The zero-order valence-electron chi connectivity index (χ0n) is 18.3. The van der Waals surface area contributed by atoms with Crippen molar-refractivity contribution in [1.29, 1.82) is 0 Å². The maximum Gasteiger partial charge on any atom is 0.413 e. The molecule has 1 aromatic heterocycles. The molecule has 2 aromatic carbocycles. The second kappa shape index (κ2) is 10.8. The minimum Gasteiger partial charge on any atom is -0.497 e. The molecular weight excluding hydrogens is 450 g/mol. The first-order valence-electron chi connectivity index (χ1n) is 9.83. The van der Waals surface area contributed by atoms with Crippen molar-refractivity contribution in [3.63, 3.8) is 0 Å². The van der Waals surface area contributed by atoms with Crippen LogP contribution < -0.4 is 14.2 Å². The Balaban J connectivity index is 1.72. The molecule has 0 radical (unpaired) electrons. The number of hydrogen-bond donors (Lipinski definition) is 1. The number of methoxy groups -OCH3 is 2. The zero-order chi connectivity index (χ0) is 24.7. The number of nitrogens with zero attached hydrogens (tertiary/aromatic N) is 3. The van der Waals surface area contributed by atoms with E-state index < -0.39 is 30.3 Å². The molecule has 0 saturated carbocycles. The van der Waals surface area contributed by atoms with E-state index in [1.165, 1.54) is 38.6 Å². The van der Waals surface area contributed by atoms with E-state index in [2.05, 4.69) is 4.98 Å². The summed E-state index contributed by atoms with van der Waals surface area (Å²) in [7, 11) is 2.93. The van der Waals surface area contributed by atoms with Gasteiger partial charge in [0, 0.05) is 23.9 Å². The Labute approximate surface area is 193 Å². The van der Waals surface area contributed by atoms with Crippen molar-refractivity contribution >= 4 is 28.7 Å². The summed E-state index contributed by atoms with van der Waals surface area (Å²) in [5.74, 6) is -0.140. The quantitative estimate of drug-likeness (QED) is 0.265. The molecule has 12 nitrogen and oxygen atoms in total. The van der Waals surface area contributed by atoms with E-state index in [1.807, 2.05) is 0 Å². The standard InChI is InChI=1S/C22H21N3O9/c1-31-15-6-5-14(19(10-15)32-2)11-24(12-20(26)27)22(28)34-13-33-18-8-7-17(25(29)30)16-4-3-9-23-21(16)18/h3-10H,11-13H2,1-2H3,(H,26,27). The van der Waals surface area contributed by atoms with Crippen LogP contribution in [0.1, 0.15) is 5.56 Å². The minimum absolute atomic E-state index is 0.111. The van der Waals surface area contributed by atoms with Gasteiger partial charge in [0.1, 0.15) is 29.3 Å². The highest BCUT2D eigenvalue weighted by Gasteiger charge is 2.22. The molecule has 0 spiro atoms. The average Bonchev–Trinajstić information content (AvgIpc) is 2.83. The molecule has 0 aliphatic heterocycles. The maximum atomic E-state index is 12.6. The number of non-ortho nitro benzene ring substituents is 1. The molecule has 34 heavy (non-hydrogen) atoms. The molecule has 1 N–H and O–H groups in total. The third-order valence-electron chi connectivity index (χ3n) is 4.74. The van der Waals surface area contributed by atoms with E-state index in [-0.39, 0.29) is 28.9 Å². The smallest absolute Gasteiger partial charge is 0.413 e. The number of carboxylic acid groups (broad SMARTS) is 1. The molecule has 178 valence electrons. The molecule has 1 amide bonds. The van der Waals surface area contributed by atoms with Crippen LogP contribution in [-0.4, -0.2) is 59.5 Å². The van der Waals surface area contributed by atoms with E-state index in [1.54, 1.807) is 24.3 Å². The van der Waals surface area contributed by atoms with Crippen LogP contribution in [-0.2, 0) is 16.1 Å². The van der Waals surface area contributed by atoms with Crippen molar-refractivity contribution < 1.29 is 38.6 Å². The molecule has 0 aliphatic carbocycles. The molecule has 3 aromatic rings. The summed E-state index contributed by atoms with van der Waals surface area (Å²) in [6.07, 6.45) is 0.501. The van der Waals surface area contributed by atoms with Gasteiger partial charge < -0.3 is 24.1 Å². The van der Waals surface area contributed by atoms with E-state index in [9.17, 15) is 24.8 Å². The highest BCUT2D eigenvalue weighted by atomic mass is 16.7. The Morgan fingerprint density at radius 2 is 1.91 bits per heavy atom. The number of carbonyl (C=O) groups is 2. The van der Waals surface area contributed by atoms with Gasteiger partial charge in [-0.25, -0.2) is 4.79 Å². The number of aliphatic carboxylic acids is 1. The van der Waals surface area contributed by atoms with Crippen LogP contribution in [0.4, 0.5) is 10.5 Å². The monoisotopic (exact) mass is 471 g/mol. The molecule has 0 unspecified atom stereocenters. The maximum absolute atomic E-state index is 12.6. The highest BCUT2D eigenvalue weighted by Crippen LogP contribution is 2.31. The molecular formula is C22H21N3O9. The number of nitro groups is 1. The number of rotatable bonds is 10. The second-order valence-electron chi connectivity index (χ2n) is 6.84. The Hall–Kier alpha value is -4.61. The molecule has 0 bridgehead atoms. The summed E-state index contributed by atoms with van der Waals surface area (Å²) < 4.78 is 21.0. The van der Waals surface area contributed by atoms with E-state index in [4.69, 9.17) is 18.9 Å². The second-order valence-corrected chi connectivity index (χ2v) is 6.84. The summed E-state index contributed by atoms with van der Waals surface area (Å²) in [5.41, 5.74) is 0.611. The van der Waals surface area contributed by atoms with Crippen molar-refractivity contribution in [2.75, 3.05) is 27.6 Å². The van der Waals surface area contributed by atoms with Crippen LogP contribution in [0.3, 0.4) is 0 Å². The van der Waals surface area contributed by atoms with Gasteiger partial charge in [-0.3, -0.25) is 24.8 Å². The largest absolute Gasteiger partial charge is 0.497 e. The number of ether oxygens (including phenoxy) is 4. The summed E-state index contributed by atoms with van der Waals surface area (Å²) >= 11 is 0. The molecule has 1 heterocycles. The van der Waals surface area contributed by atoms with Crippen LogP contribution in [0.25, 0.3) is 10.9 Å². The van der Waals surface area contributed by atoms with Crippen molar-refractivity contribution in [1.82, 2.24) is 9.88 Å². The number of hydrogen-bond acceptors (Lipinski definition) is 9. The van der Waals surface area contributed by atoms with Crippen LogP contribution in [0.2, 0.25) is 0 Å². The first-order valence-corrected chi connectivity index (χ1v) is 9.83. The number of amides is 1. The van der Waals surface area contributed by atoms with Crippen molar-refractivity contribution in [2.45, 2.75) is 6.54 Å². The predicted molar refractivity (Wildman–Crippen MR) is 118 cm³/mol. The fraction of sp³-hybridized carbons (Fsp3) is 0.227. The van der Waals surface area contributed by atoms with Gasteiger partial charge >= 0.3 is 12.1 Å². The molecule has 0 atom stereocenters. The summed E-state index contributed by atoms with van der Waals surface area (Å²) in [6, 6.07) is 10.6. The van der Waals surface area contributed by atoms with Gasteiger partial charge in [-0.2, -0.15) is 0 Å². The van der Waals surface area contributed by atoms with Gasteiger partial charge in [0.25, 0.3) is 5.69 Å². The molecule has 12 heteroatoms. The zero-order valence-corrected chi connectivity index (χ0v) is 18.3. The van der Waals surface area contributed by atoms with Crippen molar-refractivity contribution in [2.24, 2.45) is 0 Å². The Kier molecular flexibility index (Phi) is 7.64. The highest BCUT2D eigenvalue weighted by molar-refractivity contribution is 5.92. The van der Waals surface area contributed by atoms with Crippen LogP contribution in [0.15, 0.2) is 48.7 Å². The van der Waals surface area contributed by atoms with E-state index >= 15 is 0 Å². The summed E-state index contributed by atoms with van der Waals surface area (Å²) in [4.78, 5) is 39.6. The van der Waals surface area contributed by atoms with Crippen LogP contribution in [0.5, 0.6) is 17.2 Å². The molecule has 0 aliphatic rings. The lowest BCUT2D eigenvalue weighted by Crippen LogP contribution is -2.36. The topological polar surface area (TPSA) is 151 Å². The van der Waals surface area contributed by atoms with Gasteiger partial charge in [0.2, 0.25) is 6.79 Å². The fourth-order valence-electron chi connectivity index (χ4n) is 3.18. The third-order valence-corrected chi connectivity index (χ3v) is 4.74. The van der Waals surface area contributed by atoms with Crippen molar-refractivity contribution in [3.05, 3.63) is 64.3 Å². The Morgan fingerprint density at radius 1 is 1.12 bits per heavy atom. The van der Waals surface area contributed by atoms with Crippen LogP contribution >= 0.6 is 0 Å². The first-order chi connectivity index (χ1) is 16.3. The molecule has 3 rings (SSSR count). The molecule has 0 fully saturated rings. The number of benzene rings is 2. The predicted octanol–water partition coefficient (Wildman–Crippen LogP) is 3.22. The van der Waals surface area contributed by atoms with E-state index in [0.29, 0.717) is 17.1 Å². The number of fused-ring (bicyclic) bond motifs is 1. The van der Waals surface area contributed by atoms with E-state index in [0.717, 1.165) is 4.90 Å². The lowest BCUT2D eigenvalue weighted by Gasteiger charge is -2.21. The Morgan fingerprint density at radius 3 is 2.59 bits per heavy atom. The lowest BCUT2D eigenvalue weighted by atomic mass is 10.1. The molecule has 0 saturated heterocycles. The summed E-state index contributed by atoms with van der Waals surface area (Å²) in [5, 5.41) is 20.7. The number of aromatic nitrogens is 1. The number of carboxylic acids is 1. The third kappa shape index (κ3) is 5.59. The normalized spacial score (nSPS) is 10.4. The van der Waals surface area contributed by atoms with Gasteiger partial charge in [0.15, 0.2) is 0 Å². The van der Waals surface area contributed by atoms with Crippen LogP contribution in [0, 0.1) is 10.1 Å². The average molecular weight is 471 g/mol. The lowest BCUT2D eigenvalue weighted by molar-refractivity contribution is -0.383. The van der Waals surface area contributed by atoms with Crippen molar-refractivity contribution in [3.8, 4) is 17.2 Å². The van der Waals surface area contributed by atoms with Gasteiger partial charge in [-0.15, -0.1) is 0 Å². The number of nitro benzene ring substituents is 1. The fourth-order valence-corrected chi connectivity index (χ4v) is 3.18. The number of pyridine rings is 1. The SMILES string of the molecule is COc1ccc(CN(CC(=O)O)C(=O)OCOc2ccc([N+](=O)[O-])c3cccnc23)c(OC)c1. The first kappa shape index (κ1) is 24.0. The van der Waals surface area contributed by atoms with Gasteiger partial charge in [0.05, 0.1) is 31.1 Å². The Bertz CT molecular complexity index is 1220. The minimum atomic E-state index is -1.24. The summed E-state index contributed by atoms with van der Waals surface area (Å²) in [6.45, 7) is -1.31. The van der Waals surface area contributed by atoms with Gasteiger partial charge in [-0.05, 0) is 30.3 Å².